The molecule has 0 aliphatic heterocycles. The van der Waals surface area contributed by atoms with E-state index in [9.17, 15) is 4.79 Å². The highest BCUT2D eigenvalue weighted by Gasteiger charge is 2.20. The lowest BCUT2D eigenvalue weighted by molar-refractivity contribution is -0.134. The molecule has 0 bridgehead atoms. The highest BCUT2D eigenvalue weighted by molar-refractivity contribution is 5.76. The van der Waals surface area contributed by atoms with Gasteiger partial charge in [-0.05, 0) is 37.8 Å². The zero-order valence-corrected chi connectivity index (χ0v) is 15.5. The Kier molecular flexibility index (Phi) is 6.18. The molecule has 0 fully saturated rings. The number of carbonyl (C=O) groups is 1. The molecule has 0 N–H and O–H groups in total. The molecule has 1 heterocycles. The highest BCUT2D eigenvalue weighted by atomic mass is 16.2. The van der Waals surface area contributed by atoms with Gasteiger partial charge in [-0.3, -0.25) is 4.79 Å². The summed E-state index contributed by atoms with van der Waals surface area (Å²) in [6, 6.07) is 8.55. The third-order valence-corrected chi connectivity index (χ3v) is 4.24. The Morgan fingerprint density at radius 3 is 2.54 bits per heavy atom. The van der Waals surface area contributed by atoms with Crippen molar-refractivity contribution in [3.8, 4) is 0 Å². The van der Waals surface area contributed by atoms with Crippen LogP contribution in [0.3, 0.4) is 0 Å². The molecule has 0 aliphatic carbocycles. The smallest absolute Gasteiger partial charge is 0.223 e. The van der Waals surface area contributed by atoms with E-state index in [1.165, 1.54) is 11.1 Å². The van der Waals surface area contributed by atoms with Gasteiger partial charge in [0, 0.05) is 31.4 Å². The first-order valence-electron chi connectivity index (χ1n) is 8.72. The summed E-state index contributed by atoms with van der Waals surface area (Å²) in [4.78, 5) is 19.0. The van der Waals surface area contributed by atoms with E-state index in [1.54, 1.807) is 0 Å². The largest absolute Gasteiger partial charge is 0.333 e. The van der Waals surface area contributed by atoms with Crippen molar-refractivity contribution in [2.24, 2.45) is 5.92 Å². The third kappa shape index (κ3) is 4.70. The lowest BCUT2D eigenvalue weighted by Gasteiger charge is -2.27. The summed E-state index contributed by atoms with van der Waals surface area (Å²) in [5.41, 5.74) is 2.55. The second-order valence-corrected chi connectivity index (χ2v) is 7.11. The van der Waals surface area contributed by atoms with Crippen molar-refractivity contribution < 1.29 is 4.79 Å². The molecule has 24 heavy (non-hydrogen) atoms. The normalized spacial score (nSPS) is 11.3. The van der Waals surface area contributed by atoms with E-state index in [0.29, 0.717) is 18.9 Å². The van der Waals surface area contributed by atoms with E-state index in [2.05, 4.69) is 68.4 Å². The van der Waals surface area contributed by atoms with Gasteiger partial charge in [0.15, 0.2) is 0 Å². The first-order chi connectivity index (χ1) is 11.4. The van der Waals surface area contributed by atoms with Crippen LogP contribution in [0.25, 0.3) is 0 Å². The Bertz CT molecular complexity index is 673. The zero-order chi connectivity index (χ0) is 17.7. The second-order valence-electron chi connectivity index (χ2n) is 7.11. The average Bonchev–Trinajstić information content (AvgIpc) is 2.93. The zero-order valence-electron chi connectivity index (χ0n) is 15.5. The van der Waals surface area contributed by atoms with Crippen LogP contribution in [0.1, 0.15) is 51.1 Å². The Morgan fingerprint density at radius 2 is 1.92 bits per heavy atom. The van der Waals surface area contributed by atoms with Gasteiger partial charge in [-0.25, -0.2) is 4.98 Å². The minimum Gasteiger partial charge on any atom is -0.333 e. The van der Waals surface area contributed by atoms with Crippen molar-refractivity contribution in [3.63, 3.8) is 0 Å². The standard InChI is InChI=1S/C20H29N3O/c1-15(2)12-20(24)23(16(3)4)14-19-21-10-11-22(19)13-18-9-7-6-8-17(18)5/h6-11,15-16H,12-14H2,1-5H3. The van der Waals surface area contributed by atoms with Crippen LogP contribution in [0.4, 0.5) is 0 Å². The number of nitrogens with zero attached hydrogens (tertiary/aromatic N) is 3. The molecule has 130 valence electrons. The van der Waals surface area contributed by atoms with Crippen molar-refractivity contribution in [1.29, 1.82) is 0 Å². The summed E-state index contributed by atoms with van der Waals surface area (Å²) in [5.74, 6) is 1.50. The Morgan fingerprint density at radius 1 is 1.21 bits per heavy atom. The van der Waals surface area contributed by atoms with Crippen LogP contribution >= 0.6 is 0 Å². The second kappa shape index (κ2) is 8.13. The van der Waals surface area contributed by atoms with E-state index < -0.39 is 0 Å². The fraction of sp³-hybridized carbons (Fsp3) is 0.500. The lowest BCUT2D eigenvalue weighted by atomic mass is 10.1. The van der Waals surface area contributed by atoms with Crippen molar-refractivity contribution in [3.05, 3.63) is 53.6 Å². The van der Waals surface area contributed by atoms with Crippen LogP contribution in [-0.2, 0) is 17.9 Å². The topological polar surface area (TPSA) is 38.1 Å². The predicted octanol–water partition coefficient (Wildman–Crippen LogP) is 4.02. The van der Waals surface area contributed by atoms with E-state index >= 15 is 0 Å². The highest BCUT2D eigenvalue weighted by Crippen LogP contribution is 2.15. The fourth-order valence-corrected chi connectivity index (χ4v) is 2.78. The van der Waals surface area contributed by atoms with Crippen LogP contribution in [0, 0.1) is 12.8 Å². The third-order valence-electron chi connectivity index (χ3n) is 4.24. The van der Waals surface area contributed by atoms with Crippen molar-refractivity contribution >= 4 is 5.91 Å². The molecule has 1 aromatic heterocycles. The summed E-state index contributed by atoms with van der Waals surface area (Å²) < 4.78 is 2.14. The van der Waals surface area contributed by atoms with Gasteiger partial charge >= 0.3 is 0 Å². The van der Waals surface area contributed by atoms with Gasteiger partial charge in [-0.1, -0.05) is 38.1 Å². The summed E-state index contributed by atoms with van der Waals surface area (Å²) >= 11 is 0. The molecule has 0 saturated carbocycles. The molecule has 0 spiro atoms. The Labute approximate surface area is 145 Å². The molecular weight excluding hydrogens is 298 g/mol. The van der Waals surface area contributed by atoms with Crippen LogP contribution in [0.15, 0.2) is 36.7 Å². The van der Waals surface area contributed by atoms with Crippen LogP contribution in [-0.4, -0.2) is 26.4 Å². The van der Waals surface area contributed by atoms with Crippen LogP contribution < -0.4 is 0 Å². The van der Waals surface area contributed by atoms with E-state index in [4.69, 9.17) is 0 Å². The first kappa shape index (κ1) is 18.2. The summed E-state index contributed by atoms with van der Waals surface area (Å²) in [5, 5.41) is 0. The first-order valence-corrected chi connectivity index (χ1v) is 8.72. The summed E-state index contributed by atoms with van der Waals surface area (Å²) in [6.07, 6.45) is 4.39. The summed E-state index contributed by atoms with van der Waals surface area (Å²) in [7, 11) is 0. The molecule has 0 radical (unpaired) electrons. The van der Waals surface area contributed by atoms with E-state index in [0.717, 1.165) is 12.4 Å². The average molecular weight is 327 g/mol. The van der Waals surface area contributed by atoms with Gasteiger partial charge < -0.3 is 9.47 Å². The quantitative estimate of drug-likeness (QED) is 0.770. The SMILES string of the molecule is Cc1ccccc1Cn1ccnc1CN(C(=O)CC(C)C)C(C)C. The van der Waals surface area contributed by atoms with Crippen LogP contribution in [0.2, 0.25) is 0 Å². The molecule has 1 aromatic carbocycles. The van der Waals surface area contributed by atoms with Crippen molar-refractivity contribution in [1.82, 2.24) is 14.5 Å². The number of amides is 1. The van der Waals surface area contributed by atoms with E-state index in [1.807, 2.05) is 17.3 Å². The molecule has 0 unspecified atom stereocenters. The molecule has 2 aromatic rings. The van der Waals surface area contributed by atoms with Gasteiger partial charge in [-0.2, -0.15) is 0 Å². The molecule has 4 nitrogen and oxygen atoms in total. The number of hydrogen-bond acceptors (Lipinski definition) is 2. The van der Waals surface area contributed by atoms with Gasteiger partial charge in [0.1, 0.15) is 5.82 Å². The van der Waals surface area contributed by atoms with E-state index in [-0.39, 0.29) is 11.9 Å². The number of aromatic nitrogens is 2. The number of rotatable bonds is 7. The monoisotopic (exact) mass is 327 g/mol. The Balaban J connectivity index is 2.16. The van der Waals surface area contributed by atoms with Gasteiger partial charge in [0.05, 0.1) is 6.54 Å². The number of hydrogen-bond donors (Lipinski definition) is 0. The van der Waals surface area contributed by atoms with Gasteiger partial charge in [0.25, 0.3) is 0 Å². The minimum absolute atomic E-state index is 0.167. The number of aryl methyl sites for hydroxylation is 1. The number of carbonyl (C=O) groups excluding carboxylic acids is 1. The maximum Gasteiger partial charge on any atom is 0.223 e. The molecule has 1 amide bonds. The van der Waals surface area contributed by atoms with Crippen LogP contribution in [0.5, 0.6) is 0 Å². The maximum atomic E-state index is 12.5. The number of imidazole rings is 1. The molecule has 2 rings (SSSR count). The predicted molar refractivity (Wildman–Crippen MR) is 97.6 cm³/mol. The van der Waals surface area contributed by atoms with Crippen molar-refractivity contribution in [2.45, 2.75) is 60.2 Å². The van der Waals surface area contributed by atoms with Gasteiger partial charge in [0.2, 0.25) is 5.91 Å². The van der Waals surface area contributed by atoms with Gasteiger partial charge in [-0.15, -0.1) is 0 Å². The fourth-order valence-electron chi connectivity index (χ4n) is 2.78. The maximum absolute atomic E-state index is 12.5. The minimum atomic E-state index is 0.167. The lowest BCUT2D eigenvalue weighted by Crippen LogP contribution is -2.37. The number of benzene rings is 1. The molecule has 0 atom stereocenters. The summed E-state index contributed by atoms with van der Waals surface area (Å²) in [6.45, 7) is 11.7. The molecule has 4 heteroatoms. The molecule has 0 saturated heterocycles. The van der Waals surface area contributed by atoms with Crippen molar-refractivity contribution in [2.75, 3.05) is 0 Å². The Hall–Kier alpha value is -2.10. The molecule has 0 aliphatic rings. The molecular formula is C20H29N3O.